The van der Waals surface area contributed by atoms with Crippen LogP contribution in [0.15, 0.2) is 16.8 Å². The second-order valence-corrected chi connectivity index (χ2v) is 12.3. The average molecular weight is 412 g/mol. The van der Waals surface area contributed by atoms with Crippen molar-refractivity contribution in [2.75, 3.05) is 0 Å². The van der Waals surface area contributed by atoms with E-state index in [-0.39, 0.29) is 11.5 Å². The van der Waals surface area contributed by atoms with Gasteiger partial charge in [0, 0.05) is 11.0 Å². The summed E-state index contributed by atoms with van der Waals surface area (Å²) in [5.41, 5.74) is 11.5. The molecule has 3 heteroatoms. The van der Waals surface area contributed by atoms with Crippen molar-refractivity contribution in [1.29, 1.82) is 0 Å². The van der Waals surface area contributed by atoms with Crippen LogP contribution < -0.4 is 0 Å². The summed E-state index contributed by atoms with van der Waals surface area (Å²) in [6.07, 6.45) is 17.2. The average Bonchev–Trinajstić information content (AvgIpc) is 3.05. The van der Waals surface area contributed by atoms with Gasteiger partial charge >= 0.3 is 0 Å². The van der Waals surface area contributed by atoms with Crippen molar-refractivity contribution in [2.24, 2.45) is 51.5 Å². The first-order valence-electron chi connectivity index (χ1n) is 13.1. The van der Waals surface area contributed by atoms with Crippen molar-refractivity contribution in [3.05, 3.63) is 22.1 Å². The van der Waals surface area contributed by atoms with Crippen molar-refractivity contribution in [1.82, 2.24) is 0 Å². The van der Waals surface area contributed by atoms with Crippen LogP contribution in [0.1, 0.15) is 105 Å². The van der Waals surface area contributed by atoms with Crippen LogP contribution in [0.25, 0.3) is 10.4 Å². The Morgan fingerprint density at radius 1 is 1.10 bits per heavy atom. The van der Waals surface area contributed by atoms with E-state index in [4.69, 9.17) is 0 Å². The van der Waals surface area contributed by atoms with Crippen LogP contribution in [0.5, 0.6) is 0 Å². The molecule has 4 aliphatic rings. The van der Waals surface area contributed by atoms with Gasteiger partial charge in [0.2, 0.25) is 0 Å². The summed E-state index contributed by atoms with van der Waals surface area (Å²) in [4.78, 5) is 3.29. The smallest absolute Gasteiger partial charge is 0.0467 e. The van der Waals surface area contributed by atoms with Gasteiger partial charge in [-0.2, -0.15) is 0 Å². The van der Waals surface area contributed by atoms with Gasteiger partial charge in [-0.15, -0.1) is 0 Å². The highest BCUT2D eigenvalue weighted by Gasteiger charge is 2.60. The summed E-state index contributed by atoms with van der Waals surface area (Å²) in [5.74, 6) is 5.01. The van der Waals surface area contributed by atoms with E-state index in [1.807, 2.05) is 0 Å². The van der Waals surface area contributed by atoms with Crippen LogP contribution in [0.4, 0.5) is 0 Å². The Balaban J connectivity index is 1.54. The van der Waals surface area contributed by atoms with Crippen LogP contribution in [-0.2, 0) is 0 Å². The monoisotopic (exact) mass is 411 g/mol. The van der Waals surface area contributed by atoms with Gasteiger partial charge < -0.3 is 0 Å². The predicted octanol–water partition coefficient (Wildman–Crippen LogP) is 8.71. The predicted molar refractivity (Wildman–Crippen MR) is 126 cm³/mol. The maximum atomic E-state index is 9.25. The maximum absolute atomic E-state index is 9.25. The summed E-state index contributed by atoms with van der Waals surface area (Å²) < 4.78 is 0. The Morgan fingerprint density at radius 3 is 2.63 bits per heavy atom. The first kappa shape index (κ1) is 22.3. The van der Waals surface area contributed by atoms with E-state index in [9.17, 15) is 5.53 Å². The molecule has 0 radical (unpaired) electrons. The topological polar surface area (TPSA) is 48.8 Å². The highest BCUT2D eigenvalue weighted by molar-refractivity contribution is 5.27. The van der Waals surface area contributed by atoms with E-state index in [1.165, 1.54) is 64.2 Å². The summed E-state index contributed by atoms with van der Waals surface area (Å²) in [5, 5.41) is 4.36. The van der Waals surface area contributed by atoms with Crippen LogP contribution in [0.2, 0.25) is 0 Å². The molecule has 0 heterocycles. The molecule has 4 rings (SSSR count). The Labute approximate surface area is 185 Å². The molecule has 0 aromatic heterocycles. The molecule has 4 aliphatic carbocycles. The number of allylic oxidation sites excluding steroid dienone is 1. The van der Waals surface area contributed by atoms with Gasteiger partial charge in [0.25, 0.3) is 0 Å². The SMILES string of the molecule is CC(C)CCC[C@@H](C)[C@H]1CC[C@H]2[C@@H]3CC=C4CCCC(N=[N+]=[N-])[C@]4(C)[C@H]3CC[C@]12C. The molecular formula is C27H45N3. The van der Waals surface area contributed by atoms with E-state index in [0.717, 1.165) is 41.9 Å². The van der Waals surface area contributed by atoms with E-state index in [1.54, 1.807) is 5.57 Å². The highest BCUT2D eigenvalue weighted by Crippen LogP contribution is 2.67. The fraction of sp³-hybridized carbons (Fsp3) is 0.926. The lowest BCUT2D eigenvalue weighted by Crippen LogP contribution is -2.53. The molecule has 0 N–H and O–H groups in total. The number of fused-ring (bicyclic) bond motifs is 5. The van der Waals surface area contributed by atoms with Crippen molar-refractivity contribution < 1.29 is 0 Å². The minimum absolute atomic E-state index is 0.121. The molecule has 0 saturated heterocycles. The third kappa shape index (κ3) is 3.54. The molecule has 0 aromatic carbocycles. The minimum atomic E-state index is 0.121. The first-order chi connectivity index (χ1) is 14.3. The zero-order valence-electron chi connectivity index (χ0n) is 20.2. The molecule has 3 fully saturated rings. The van der Waals surface area contributed by atoms with Gasteiger partial charge in [-0.1, -0.05) is 70.6 Å². The van der Waals surface area contributed by atoms with E-state index >= 15 is 0 Å². The molecule has 30 heavy (non-hydrogen) atoms. The second-order valence-electron chi connectivity index (χ2n) is 12.3. The lowest BCUT2D eigenvalue weighted by molar-refractivity contribution is -0.0552. The van der Waals surface area contributed by atoms with Crippen LogP contribution in [0, 0.1) is 46.3 Å². The quantitative estimate of drug-likeness (QED) is 0.182. The van der Waals surface area contributed by atoms with Gasteiger partial charge in [-0.05, 0) is 103 Å². The van der Waals surface area contributed by atoms with Gasteiger partial charge in [0.15, 0.2) is 0 Å². The number of azide groups is 1. The van der Waals surface area contributed by atoms with Crippen LogP contribution >= 0.6 is 0 Å². The Morgan fingerprint density at radius 2 is 1.90 bits per heavy atom. The molecule has 0 aliphatic heterocycles. The number of rotatable bonds is 6. The van der Waals surface area contributed by atoms with Gasteiger partial charge in [-0.3, -0.25) is 0 Å². The summed E-state index contributed by atoms with van der Waals surface area (Å²) >= 11 is 0. The molecular weight excluding hydrogens is 366 g/mol. The normalized spacial score (nSPS) is 43.8. The van der Waals surface area contributed by atoms with E-state index < -0.39 is 0 Å². The molecule has 0 spiro atoms. The molecule has 168 valence electrons. The van der Waals surface area contributed by atoms with Crippen LogP contribution in [0.3, 0.4) is 0 Å². The third-order valence-electron chi connectivity index (χ3n) is 10.5. The largest absolute Gasteiger partial charge is 0.0897 e. The third-order valence-corrected chi connectivity index (χ3v) is 10.5. The van der Waals surface area contributed by atoms with Gasteiger partial charge in [0.05, 0.1) is 0 Å². The molecule has 3 saturated carbocycles. The second kappa shape index (κ2) is 8.53. The Kier molecular flexibility index (Phi) is 6.33. The molecule has 0 bridgehead atoms. The van der Waals surface area contributed by atoms with Crippen molar-refractivity contribution >= 4 is 0 Å². The van der Waals surface area contributed by atoms with E-state index in [2.05, 4.69) is 50.7 Å². The van der Waals surface area contributed by atoms with E-state index in [0.29, 0.717) is 5.41 Å². The summed E-state index contributed by atoms with van der Waals surface area (Å²) in [6.45, 7) is 12.4. The fourth-order valence-electron chi connectivity index (χ4n) is 8.98. The number of nitrogens with zero attached hydrogens (tertiary/aromatic N) is 3. The Hall–Kier alpha value is -0.950. The lowest BCUT2D eigenvalue weighted by atomic mass is 9.46. The Bertz CT molecular complexity index is 705. The standard InChI is InChI=1S/C27H45N3/c1-18(2)8-6-9-19(3)22-14-15-23-21-13-12-20-10-7-11-25(29-30-28)27(20,5)24(21)16-17-26(22,23)4/h12,18-19,21-25H,6-11,13-17H2,1-5H3/t19-,21+,22-,23+,24+,25?,26-,27+/m1/s1. The maximum Gasteiger partial charge on any atom is 0.0467 e. The van der Waals surface area contributed by atoms with Crippen molar-refractivity contribution in [3.63, 3.8) is 0 Å². The zero-order valence-corrected chi connectivity index (χ0v) is 20.2. The van der Waals surface area contributed by atoms with Crippen LogP contribution in [-0.4, -0.2) is 6.04 Å². The van der Waals surface area contributed by atoms with Crippen molar-refractivity contribution in [3.8, 4) is 0 Å². The summed E-state index contributed by atoms with van der Waals surface area (Å²) in [7, 11) is 0. The lowest BCUT2D eigenvalue weighted by Gasteiger charge is -2.59. The number of hydrogen-bond donors (Lipinski definition) is 0. The fourth-order valence-corrected chi connectivity index (χ4v) is 8.98. The minimum Gasteiger partial charge on any atom is -0.0897 e. The molecule has 3 nitrogen and oxygen atoms in total. The van der Waals surface area contributed by atoms with Gasteiger partial charge in [-0.25, -0.2) is 0 Å². The molecule has 0 aromatic rings. The molecule has 0 amide bonds. The molecule has 1 unspecified atom stereocenters. The summed E-state index contributed by atoms with van der Waals surface area (Å²) in [6, 6.07) is 0.173. The highest BCUT2D eigenvalue weighted by atomic mass is 15.2. The molecule has 8 atom stereocenters. The zero-order chi connectivity index (χ0) is 21.5. The van der Waals surface area contributed by atoms with Gasteiger partial charge in [0.1, 0.15) is 0 Å². The first-order valence-corrected chi connectivity index (χ1v) is 13.1. The number of hydrogen-bond acceptors (Lipinski definition) is 1. The van der Waals surface area contributed by atoms with Crippen molar-refractivity contribution in [2.45, 2.75) is 111 Å².